The maximum Gasteiger partial charge on any atom is 0.337 e. The third-order valence-electron chi connectivity index (χ3n) is 3.33. The van der Waals surface area contributed by atoms with Crippen LogP contribution in [0.1, 0.15) is 10.4 Å². The summed E-state index contributed by atoms with van der Waals surface area (Å²) >= 11 is 5.74. The number of benzene rings is 2. The first kappa shape index (κ1) is 15.5. The van der Waals surface area contributed by atoms with Crippen LogP contribution in [0.15, 0.2) is 53.6 Å². The molecule has 0 aliphatic heterocycles. The molecule has 23 heavy (non-hydrogen) atoms. The lowest BCUT2D eigenvalue weighted by atomic mass is 10.2. The second kappa shape index (κ2) is 5.36. The fourth-order valence-electron chi connectivity index (χ4n) is 2.26. The minimum absolute atomic E-state index is 0.00929. The van der Waals surface area contributed by atoms with E-state index < -0.39 is 21.8 Å². The lowest BCUT2D eigenvalue weighted by Crippen LogP contribution is -2.12. The van der Waals surface area contributed by atoms with Gasteiger partial charge in [-0.05, 0) is 42.5 Å². The number of carboxylic acids is 1. The van der Waals surface area contributed by atoms with Crippen molar-refractivity contribution >= 4 is 38.5 Å². The van der Waals surface area contributed by atoms with Gasteiger partial charge in [-0.15, -0.1) is 0 Å². The largest absolute Gasteiger partial charge is 0.478 e. The minimum atomic E-state index is -4.04. The fraction of sp³-hybridized carbons (Fsp3) is 0. The molecular weight excluding hydrogens is 345 g/mol. The number of hydrogen-bond acceptors (Lipinski definition) is 3. The van der Waals surface area contributed by atoms with Gasteiger partial charge < -0.3 is 5.11 Å². The maximum atomic E-state index is 13.4. The zero-order valence-corrected chi connectivity index (χ0v) is 13.0. The summed E-state index contributed by atoms with van der Waals surface area (Å²) in [5.74, 6) is -1.99. The van der Waals surface area contributed by atoms with Gasteiger partial charge in [0.05, 0.1) is 16.0 Å². The van der Waals surface area contributed by atoms with E-state index in [2.05, 4.69) is 0 Å². The van der Waals surface area contributed by atoms with E-state index in [1.807, 2.05) is 0 Å². The average molecular weight is 354 g/mol. The summed E-state index contributed by atoms with van der Waals surface area (Å²) in [6.07, 6.45) is 0.969. The van der Waals surface area contributed by atoms with Crippen molar-refractivity contribution in [3.8, 4) is 0 Å². The van der Waals surface area contributed by atoms with Gasteiger partial charge >= 0.3 is 5.97 Å². The molecule has 0 aliphatic carbocycles. The number of nitrogens with zero attached hydrogens (tertiary/aromatic N) is 1. The highest BCUT2D eigenvalue weighted by molar-refractivity contribution is 7.90. The van der Waals surface area contributed by atoms with Crippen molar-refractivity contribution in [1.29, 1.82) is 0 Å². The Bertz CT molecular complexity index is 1030. The first-order chi connectivity index (χ1) is 10.8. The van der Waals surface area contributed by atoms with Crippen LogP contribution in [0.4, 0.5) is 4.39 Å². The molecule has 2 aromatic carbocycles. The molecule has 3 rings (SSSR count). The molecule has 3 aromatic rings. The van der Waals surface area contributed by atoms with Crippen molar-refractivity contribution in [3.63, 3.8) is 0 Å². The van der Waals surface area contributed by atoms with Crippen molar-refractivity contribution < 1.29 is 22.7 Å². The molecule has 0 aliphatic rings. The predicted octanol–water partition coefficient (Wildman–Crippen LogP) is 3.37. The molecule has 0 atom stereocenters. The predicted molar refractivity (Wildman–Crippen MR) is 82.9 cm³/mol. The van der Waals surface area contributed by atoms with Gasteiger partial charge in [0.2, 0.25) is 0 Å². The van der Waals surface area contributed by atoms with Crippen molar-refractivity contribution in [2.45, 2.75) is 4.90 Å². The van der Waals surface area contributed by atoms with E-state index in [9.17, 15) is 22.7 Å². The van der Waals surface area contributed by atoms with Crippen LogP contribution in [0, 0.1) is 5.82 Å². The van der Waals surface area contributed by atoms with Gasteiger partial charge in [-0.2, -0.15) is 0 Å². The van der Waals surface area contributed by atoms with E-state index >= 15 is 0 Å². The van der Waals surface area contributed by atoms with Crippen LogP contribution >= 0.6 is 11.6 Å². The van der Waals surface area contributed by atoms with Crippen LogP contribution in [0.2, 0.25) is 5.02 Å². The summed E-state index contributed by atoms with van der Waals surface area (Å²) in [5, 5.41) is 9.59. The Morgan fingerprint density at radius 3 is 2.39 bits per heavy atom. The van der Waals surface area contributed by atoms with E-state index in [1.165, 1.54) is 30.3 Å². The van der Waals surface area contributed by atoms with Crippen molar-refractivity contribution in [1.82, 2.24) is 3.97 Å². The average Bonchev–Trinajstić information content (AvgIpc) is 2.87. The summed E-state index contributed by atoms with van der Waals surface area (Å²) < 4.78 is 39.6. The molecule has 8 heteroatoms. The lowest BCUT2D eigenvalue weighted by molar-refractivity contribution is 0.0699. The van der Waals surface area contributed by atoms with Crippen molar-refractivity contribution in [2.75, 3.05) is 0 Å². The van der Waals surface area contributed by atoms with Gasteiger partial charge in [0.25, 0.3) is 10.0 Å². The number of aromatic carboxylic acids is 1. The standard InChI is InChI=1S/C15H9ClFNO4S/c16-9-1-4-11(5-2-9)23(21,22)18-8-13(15(19)20)12-7-10(17)3-6-14(12)18/h1-8H,(H,19,20). The SMILES string of the molecule is O=C(O)c1cn(S(=O)(=O)c2ccc(Cl)cc2)c2ccc(F)cc12. The Balaban J connectivity index is 2.31. The first-order valence-electron chi connectivity index (χ1n) is 6.36. The zero-order chi connectivity index (χ0) is 16.8. The number of aromatic nitrogens is 1. The van der Waals surface area contributed by atoms with Crippen molar-refractivity contribution in [2.24, 2.45) is 0 Å². The normalized spacial score (nSPS) is 11.7. The first-order valence-corrected chi connectivity index (χ1v) is 8.17. The molecule has 0 saturated carbocycles. The number of carboxylic acid groups (broad SMARTS) is 1. The summed E-state index contributed by atoms with van der Waals surface area (Å²) in [4.78, 5) is 11.2. The van der Waals surface area contributed by atoms with Gasteiger partial charge in [-0.1, -0.05) is 11.6 Å². The summed E-state index contributed by atoms with van der Waals surface area (Å²) in [6.45, 7) is 0. The maximum absolute atomic E-state index is 13.4. The zero-order valence-electron chi connectivity index (χ0n) is 11.4. The van der Waals surface area contributed by atoms with Gasteiger partial charge in [0.1, 0.15) is 5.82 Å². The summed E-state index contributed by atoms with van der Waals surface area (Å²) in [5.41, 5.74) is -0.212. The summed E-state index contributed by atoms with van der Waals surface area (Å²) in [6, 6.07) is 8.75. The van der Waals surface area contributed by atoms with Crippen LogP contribution in [-0.4, -0.2) is 23.5 Å². The quantitative estimate of drug-likeness (QED) is 0.783. The molecule has 1 aromatic heterocycles. The Morgan fingerprint density at radius 2 is 1.78 bits per heavy atom. The third kappa shape index (κ3) is 2.58. The number of carbonyl (C=O) groups is 1. The highest BCUT2D eigenvalue weighted by Crippen LogP contribution is 2.27. The molecule has 0 radical (unpaired) electrons. The molecule has 5 nitrogen and oxygen atoms in total. The van der Waals surface area contributed by atoms with Crippen LogP contribution in [0.3, 0.4) is 0 Å². The highest BCUT2D eigenvalue weighted by atomic mass is 35.5. The number of halogens is 2. The minimum Gasteiger partial charge on any atom is -0.478 e. The highest BCUT2D eigenvalue weighted by Gasteiger charge is 2.23. The monoisotopic (exact) mass is 353 g/mol. The molecule has 0 amide bonds. The second-order valence-electron chi connectivity index (χ2n) is 4.76. The third-order valence-corrected chi connectivity index (χ3v) is 5.27. The molecule has 1 N–H and O–H groups in total. The fourth-order valence-corrected chi connectivity index (χ4v) is 3.76. The van der Waals surface area contributed by atoms with Crippen LogP contribution in [0.5, 0.6) is 0 Å². The molecule has 1 heterocycles. The van der Waals surface area contributed by atoms with Crippen LogP contribution in [0.25, 0.3) is 10.9 Å². The number of hydrogen-bond donors (Lipinski definition) is 1. The van der Waals surface area contributed by atoms with E-state index in [1.54, 1.807) is 0 Å². The van der Waals surface area contributed by atoms with Crippen LogP contribution < -0.4 is 0 Å². The molecule has 0 saturated heterocycles. The van der Waals surface area contributed by atoms with E-state index in [-0.39, 0.29) is 21.4 Å². The van der Waals surface area contributed by atoms with Gasteiger partial charge in [-0.3, -0.25) is 0 Å². The molecule has 0 unspecified atom stereocenters. The Hall–Kier alpha value is -2.38. The van der Waals surface area contributed by atoms with Crippen LogP contribution in [-0.2, 0) is 10.0 Å². The van der Waals surface area contributed by atoms with Gasteiger partial charge in [-0.25, -0.2) is 21.6 Å². The number of rotatable bonds is 3. The van der Waals surface area contributed by atoms with Gasteiger partial charge in [0, 0.05) is 16.6 Å². The smallest absolute Gasteiger partial charge is 0.337 e. The lowest BCUT2D eigenvalue weighted by Gasteiger charge is -2.07. The Morgan fingerprint density at radius 1 is 1.13 bits per heavy atom. The Labute approximate surface area is 135 Å². The van der Waals surface area contributed by atoms with E-state index in [0.29, 0.717) is 5.02 Å². The van der Waals surface area contributed by atoms with E-state index in [0.717, 1.165) is 22.3 Å². The second-order valence-corrected chi connectivity index (χ2v) is 7.02. The Kier molecular flexibility index (Phi) is 3.62. The molecule has 0 fully saturated rings. The van der Waals surface area contributed by atoms with Crippen molar-refractivity contribution in [3.05, 3.63) is 65.1 Å². The molecule has 0 spiro atoms. The topological polar surface area (TPSA) is 76.4 Å². The molecular formula is C15H9ClFNO4S. The number of fused-ring (bicyclic) bond motifs is 1. The molecule has 118 valence electrons. The van der Waals surface area contributed by atoms with E-state index in [4.69, 9.17) is 11.6 Å². The van der Waals surface area contributed by atoms with Gasteiger partial charge in [0.15, 0.2) is 0 Å². The molecule has 0 bridgehead atoms. The summed E-state index contributed by atoms with van der Waals surface area (Å²) in [7, 11) is -4.04.